The number of ether oxygens (including phenoxy) is 3. The van der Waals surface area contributed by atoms with Gasteiger partial charge in [0.1, 0.15) is 36.2 Å². The smallest absolute Gasteiger partial charge is 0.175 e. The summed E-state index contributed by atoms with van der Waals surface area (Å²) in [6.07, 6.45) is 0. The van der Waals surface area contributed by atoms with Gasteiger partial charge in [-0.1, -0.05) is 0 Å². The fraction of sp³-hybridized carbons (Fsp3) is 0.667. The molecule has 102 valence electrons. The molecule has 1 aromatic heterocycles. The third-order valence-corrected chi connectivity index (χ3v) is 4.30. The van der Waals surface area contributed by atoms with Gasteiger partial charge >= 0.3 is 0 Å². The van der Waals surface area contributed by atoms with Crippen LogP contribution in [0.15, 0.2) is 0 Å². The Morgan fingerprint density at radius 3 is 2.17 bits per heavy atom. The highest BCUT2D eigenvalue weighted by Crippen LogP contribution is 2.44. The van der Waals surface area contributed by atoms with Crippen molar-refractivity contribution in [2.24, 2.45) is 5.41 Å². The molecule has 0 fully saturated rings. The van der Waals surface area contributed by atoms with Crippen LogP contribution in [-0.2, 0) is 7.80 Å². The predicted octanol–water partition coefficient (Wildman–Crippen LogP) is 3.14. The lowest BCUT2D eigenvalue weighted by Crippen LogP contribution is -2.41. The largest absolute Gasteiger partial charge is 0.488 e. The molecule has 0 N–H and O–H groups in total. The summed E-state index contributed by atoms with van der Waals surface area (Å²) in [6, 6.07) is 0. The highest BCUT2D eigenvalue weighted by molar-refractivity contribution is 14.1. The molecule has 0 atom stereocenters. The SMILES string of the molecule is COCC1(COI)COc2c(C)sc(C)c2OC1. The number of aryl methyl sites for hydroxylation is 2. The highest BCUT2D eigenvalue weighted by atomic mass is 127. The molecule has 0 amide bonds. The molecule has 0 aliphatic carbocycles. The molecule has 4 nitrogen and oxygen atoms in total. The molecule has 1 aromatic rings. The third-order valence-electron chi connectivity index (χ3n) is 3.01. The van der Waals surface area contributed by atoms with Gasteiger partial charge in [0.2, 0.25) is 0 Å². The second-order valence-electron chi connectivity index (χ2n) is 4.64. The van der Waals surface area contributed by atoms with Gasteiger partial charge in [-0.05, 0) is 13.8 Å². The maximum Gasteiger partial charge on any atom is 0.175 e. The van der Waals surface area contributed by atoms with Crippen molar-refractivity contribution >= 4 is 34.3 Å². The maximum absolute atomic E-state index is 5.94. The predicted molar refractivity (Wildman–Crippen MR) is 79.1 cm³/mol. The molecular weight excluding hydrogens is 367 g/mol. The van der Waals surface area contributed by atoms with E-state index in [0.29, 0.717) is 26.4 Å². The first kappa shape index (κ1) is 14.4. The molecule has 0 aromatic carbocycles. The third kappa shape index (κ3) is 2.76. The van der Waals surface area contributed by atoms with Crippen molar-refractivity contribution in [3.63, 3.8) is 0 Å². The summed E-state index contributed by atoms with van der Waals surface area (Å²) in [7, 11) is 1.69. The van der Waals surface area contributed by atoms with E-state index in [2.05, 4.69) is 13.8 Å². The molecular formula is C12H17IO4S. The summed E-state index contributed by atoms with van der Waals surface area (Å²) in [5.41, 5.74) is -0.245. The molecule has 1 aliphatic rings. The molecule has 2 rings (SSSR count). The van der Waals surface area contributed by atoms with Gasteiger partial charge in [-0.2, -0.15) is 0 Å². The van der Waals surface area contributed by atoms with Crippen LogP contribution in [-0.4, -0.2) is 33.5 Å². The molecule has 18 heavy (non-hydrogen) atoms. The van der Waals surface area contributed by atoms with Gasteiger partial charge in [-0.25, -0.2) is 0 Å². The monoisotopic (exact) mass is 384 g/mol. The number of rotatable bonds is 4. The first-order chi connectivity index (χ1) is 8.62. The lowest BCUT2D eigenvalue weighted by Gasteiger charge is -2.28. The van der Waals surface area contributed by atoms with Gasteiger partial charge < -0.3 is 17.3 Å². The van der Waals surface area contributed by atoms with Gasteiger partial charge in [-0.15, -0.1) is 11.3 Å². The van der Waals surface area contributed by atoms with Crippen LogP contribution in [0.2, 0.25) is 0 Å². The fourth-order valence-electron chi connectivity index (χ4n) is 2.10. The number of fused-ring (bicyclic) bond motifs is 1. The van der Waals surface area contributed by atoms with Gasteiger partial charge in [0, 0.05) is 16.9 Å². The molecule has 0 saturated carbocycles. The lowest BCUT2D eigenvalue weighted by molar-refractivity contribution is -0.00638. The molecule has 0 spiro atoms. The summed E-state index contributed by atoms with van der Waals surface area (Å²) in [5, 5.41) is 0. The molecule has 1 aliphatic heterocycles. The van der Waals surface area contributed by atoms with Gasteiger partial charge in [0.05, 0.1) is 18.6 Å². The molecule has 6 heteroatoms. The van der Waals surface area contributed by atoms with Crippen LogP contribution in [0, 0.1) is 19.3 Å². The minimum atomic E-state index is -0.245. The number of thiophene rings is 1. The van der Waals surface area contributed by atoms with E-state index in [4.69, 9.17) is 17.3 Å². The minimum Gasteiger partial charge on any atom is -0.488 e. The van der Waals surface area contributed by atoms with E-state index >= 15 is 0 Å². The van der Waals surface area contributed by atoms with Crippen LogP contribution in [0.25, 0.3) is 0 Å². The summed E-state index contributed by atoms with van der Waals surface area (Å²) in [5.74, 6) is 1.76. The Hall–Kier alpha value is -0.0500. The topological polar surface area (TPSA) is 36.9 Å². The Labute approximate surface area is 125 Å². The zero-order chi connectivity index (χ0) is 13.2. The second-order valence-corrected chi connectivity index (χ2v) is 6.69. The highest BCUT2D eigenvalue weighted by Gasteiger charge is 2.37. The maximum atomic E-state index is 5.94. The first-order valence-electron chi connectivity index (χ1n) is 5.70. The van der Waals surface area contributed by atoms with Gasteiger partial charge in [0.25, 0.3) is 0 Å². The van der Waals surface area contributed by atoms with Crippen LogP contribution in [0.1, 0.15) is 9.75 Å². The summed E-state index contributed by atoms with van der Waals surface area (Å²) >= 11 is 3.61. The van der Waals surface area contributed by atoms with Crippen LogP contribution in [0.4, 0.5) is 0 Å². The van der Waals surface area contributed by atoms with Crippen molar-refractivity contribution in [1.29, 1.82) is 0 Å². The Bertz CT molecular complexity index is 382. The van der Waals surface area contributed by atoms with E-state index in [-0.39, 0.29) is 5.41 Å². The molecule has 0 radical (unpaired) electrons. The van der Waals surface area contributed by atoms with E-state index in [1.807, 2.05) is 23.0 Å². The molecule has 0 bridgehead atoms. The zero-order valence-electron chi connectivity index (χ0n) is 10.7. The van der Waals surface area contributed by atoms with E-state index in [1.165, 1.54) is 0 Å². The Morgan fingerprint density at radius 1 is 1.17 bits per heavy atom. The van der Waals surface area contributed by atoms with Crippen molar-refractivity contribution in [3.8, 4) is 11.5 Å². The van der Waals surface area contributed by atoms with Gasteiger partial charge in [0.15, 0.2) is 11.5 Å². The first-order valence-corrected chi connectivity index (χ1v) is 7.40. The van der Waals surface area contributed by atoms with E-state index < -0.39 is 0 Å². The Balaban J connectivity index is 2.22. The molecule has 0 unspecified atom stereocenters. The summed E-state index contributed by atoms with van der Waals surface area (Å²) < 4.78 is 22.4. The quantitative estimate of drug-likeness (QED) is 0.748. The van der Waals surface area contributed by atoms with Crippen LogP contribution >= 0.6 is 34.3 Å². The van der Waals surface area contributed by atoms with Crippen molar-refractivity contribution in [2.45, 2.75) is 13.8 Å². The average molecular weight is 384 g/mol. The van der Waals surface area contributed by atoms with Crippen molar-refractivity contribution in [2.75, 3.05) is 33.5 Å². The van der Waals surface area contributed by atoms with Crippen LogP contribution < -0.4 is 9.47 Å². The standard InChI is InChI=1S/C12H17IO4S/c1-8-10-11(9(2)18-8)16-6-12(4-14-3,5-15-10)7-17-13/h4-7H2,1-3H3. The van der Waals surface area contributed by atoms with Crippen molar-refractivity contribution < 1.29 is 17.3 Å². The fourth-order valence-corrected chi connectivity index (χ4v) is 3.71. The van der Waals surface area contributed by atoms with E-state index in [9.17, 15) is 0 Å². The van der Waals surface area contributed by atoms with Crippen molar-refractivity contribution in [3.05, 3.63) is 9.75 Å². The number of methoxy groups -OCH3 is 1. The van der Waals surface area contributed by atoms with Crippen LogP contribution in [0.3, 0.4) is 0 Å². The minimum absolute atomic E-state index is 0.245. The summed E-state index contributed by atoms with van der Waals surface area (Å²) in [4.78, 5) is 2.32. The Kier molecular flexibility index (Phi) is 4.74. The number of hydrogen-bond donors (Lipinski definition) is 0. The van der Waals surface area contributed by atoms with Crippen molar-refractivity contribution in [1.82, 2.24) is 0 Å². The molecule has 2 heterocycles. The van der Waals surface area contributed by atoms with E-state index in [0.717, 1.165) is 21.3 Å². The number of halogens is 1. The second kappa shape index (κ2) is 5.94. The average Bonchev–Trinajstić information content (AvgIpc) is 2.49. The van der Waals surface area contributed by atoms with Gasteiger partial charge in [-0.3, -0.25) is 0 Å². The lowest BCUT2D eigenvalue weighted by atomic mass is 9.92. The Morgan fingerprint density at radius 2 is 1.72 bits per heavy atom. The van der Waals surface area contributed by atoms with E-state index in [1.54, 1.807) is 18.4 Å². The normalized spacial score (nSPS) is 17.6. The molecule has 0 saturated heterocycles. The number of hydrogen-bond acceptors (Lipinski definition) is 5. The van der Waals surface area contributed by atoms with Crippen LogP contribution in [0.5, 0.6) is 11.5 Å². The zero-order valence-corrected chi connectivity index (χ0v) is 13.7. The summed E-state index contributed by atoms with van der Waals surface area (Å²) in [6.45, 7) is 6.31.